The number of ether oxygens (including phenoxy) is 4. The fraction of sp³-hybridized carbons (Fsp3) is 0.333. The Balaban J connectivity index is 1.27. The lowest BCUT2D eigenvalue weighted by Crippen LogP contribution is -2.44. The van der Waals surface area contributed by atoms with E-state index >= 15 is 0 Å². The monoisotopic (exact) mass is 797 g/mol. The Labute approximate surface area is 354 Å². The average molecular weight is 798 g/mol. The first-order valence-corrected chi connectivity index (χ1v) is 21.5. The first kappa shape index (κ1) is 38.6. The van der Waals surface area contributed by atoms with E-state index in [1.807, 2.05) is 24.3 Å². The highest BCUT2D eigenvalue weighted by Crippen LogP contribution is 2.67. The van der Waals surface area contributed by atoms with E-state index in [1.165, 1.54) is 27.9 Å². The minimum absolute atomic E-state index is 0.0857. The van der Waals surface area contributed by atoms with E-state index in [2.05, 4.69) is 130 Å². The molecule has 6 aromatic carbocycles. The van der Waals surface area contributed by atoms with Crippen LogP contribution in [-0.2, 0) is 22.4 Å². The molecule has 0 radical (unpaired) electrons. The number of aliphatic hydroxyl groups is 1. The second-order valence-corrected chi connectivity index (χ2v) is 19.0. The topological polar surface area (TPSA) is 60.4 Å². The smallest absolute Gasteiger partial charge is 0.178 e. The van der Waals surface area contributed by atoms with Gasteiger partial charge >= 0.3 is 0 Å². The van der Waals surface area contributed by atoms with Crippen molar-refractivity contribution in [3.05, 3.63) is 149 Å². The van der Waals surface area contributed by atoms with Crippen molar-refractivity contribution in [2.75, 3.05) is 45.4 Å². The lowest BCUT2D eigenvalue weighted by molar-refractivity contribution is 0.0642. The number of hydrogen-bond donors (Lipinski definition) is 1. The SMILES string of the molecule is COc1ccc(C2(c3ccc(OC)cc3)C=Cc3c4c(c5cc(CO)c(-c6ccc(N7CCOCC7)cc6)cc5c3O2)-c2ccccc2C42CC(C)(C)CC(C)(C)C2)cc1. The quantitative estimate of drug-likeness (QED) is 0.174. The van der Waals surface area contributed by atoms with Crippen LogP contribution in [0.1, 0.15) is 80.3 Å². The molecule has 6 heteroatoms. The van der Waals surface area contributed by atoms with E-state index in [0.29, 0.717) is 0 Å². The summed E-state index contributed by atoms with van der Waals surface area (Å²) in [4.78, 5) is 2.37. The van der Waals surface area contributed by atoms with Crippen LogP contribution in [-0.4, -0.2) is 45.6 Å². The fourth-order valence-electron chi connectivity index (χ4n) is 12.0. The minimum atomic E-state index is -0.966. The molecule has 1 saturated heterocycles. The van der Waals surface area contributed by atoms with Crippen molar-refractivity contribution in [1.29, 1.82) is 0 Å². The first-order valence-electron chi connectivity index (χ1n) is 21.5. The third-order valence-corrected chi connectivity index (χ3v) is 13.7. The first-order chi connectivity index (χ1) is 29.0. The molecule has 10 rings (SSSR count). The molecule has 2 fully saturated rings. The van der Waals surface area contributed by atoms with Crippen LogP contribution in [0.15, 0.2) is 115 Å². The maximum absolute atomic E-state index is 11.2. The van der Waals surface area contributed by atoms with Gasteiger partial charge in [-0.2, -0.15) is 0 Å². The van der Waals surface area contributed by atoms with Crippen molar-refractivity contribution in [2.45, 2.75) is 64.6 Å². The molecule has 2 heterocycles. The number of hydrogen-bond acceptors (Lipinski definition) is 6. The lowest BCUT2D eigenvalue weighted by Gasteiger charge is -2.52. The number of anilines is 1. The molecule has 0 unspecified atom stereocenters. The number of morpholine rings is 1. The zero-order chi connectivity index (χ0) is 41.4. The van der Waals surface area contributed by atoms with Crippen LogP contribution in [0.25, 0.3) is 39.1 Å². The maximum atomic E-state index is 11.2. The zero-order valence-corrected chi connectivity index (χ0v) is 35.7. The van der Waals surface area contributed by atoms with Crippen LogP contribution >= 0.6 is 0 Å². The Morgan fingerprint density at radius 1 is 0.683 bits per heavy atom. The van der Waals surface area contributed by atoms with Gasteiger partial charge < -0.3 is 29.0 Å². The van der Waals surface area contributed by atoms with Gasteiger partial charge in [-0.25, -0.2) is 0 Å². The van der Waals surface area contributed by atoms with Gasteiger partial charge in [0.05, 0.1) is 34.0 Å². The van der Waals surface area contributed by atoms with Crippen molar-refractivity contribution >= 4 is 22.5 Å². The summed E-state index contributed by atoms with van der Waals surface area (Å²) >= 11 is 0. The normalized spacial score (nSPS) is 19.0. The average Bonchev–Trinajstić information content (AvgIpc) is 3.53. The summed E-state index contributed by atoms with van der Waals surface area (Å²) in [7, 11) is 3.40. The molecule has 1 spiro atoms. The predicted octanol–water partition coefficient (Wildman–Crippen LogP) is 11.7. The van der Waals surface area contributed by atoms with Gasteiger partial charge in [-0.15, -0.1) is 0 Å². The van der Waals surface area contributed by atoms with Crippen LogP contribution in [0.5, 0.6) is 17.2 Å². The molecule has 0 bridgehead atoms. The van der Waals surface area contributed by atoms with Crippen molar-refractivity contribution in [3.8, 4) is 39.5 Å². The van der Waals surface area contributed by atoms with Crippen LogP contribution in [0.2, 0.25) is 0 Å². The highest BCUT2D eigenvalue weighted by molar-refractivity contribution is 6.10. The molecule has 0 amide bonds. The van der Waals surface area contributed by atoms with Crippen molar-refractivity contribution < 1.29 is 24.1 Å². The van der Waals surface area contributed by atoms with Gasteiger partial charge in [-0.1, -0.05) is 94.4 Å². The third kappa shape index (κ3) is 6.13. The summed E-state index contributed by atoms with van der Waals surface area (Å²) in [5, 5.41) is 13.4. The van der Waals surface area contributed by atoms with E-state index in [1.54, 1.807) is 14.2 Å². The molecule has 1 saturated carbocycles. The van der Waals surface area contributed by atoms with E-state index in [4.69, 9.17) is 18.9 Å². The van der Waals surface area contributed by atoms with Gasteiger partial charge in [0.25, 0.3) is 0 Å². The van der Waals surface area contributed by atoms with Crippen LogP contribution in [0.4, 0.5) is 5.69 Å². The standard InChI is InChI=1S/C54H55NO5/c1-51(2)32-52(3,4)34-53(33-51)47-10-8-7-9-42(47)48-45-29-36(31-56)44(35-11-17-39(18-12-35)55-25-27-59-28-26-55)30-46(45)50-43(49(48)53)23-24-54(60-50,37-13-19-40(57-5)20-14-37)38-15-21-41(58-6)22-16-38/h7-24,29-30,56H,25-28,31-34H2,1-6H3. The second-order valence-electron chi connectivity index (χ2n) is 19.0. The summed E-state index contributed by atoms with van der Waals surface area (Å²) in [6.45, 7) is 12.9. The van der Waals surface area contributed by atoms with Gasteiger partial charge in [0.15, 0.2) is 5.60 Å². The molecular formula is C54H55NO5. The number of fused-ring (bicyclic) bond motifs is 10. The molecule has 6 aromatic rings. The van der Waals surface area contributed by atoms with Crippen LogP contribution in [0.3, 0.4) is 0 Å². The molecule has 4 aliphatic rings. The molecule has 60 heavy (non-hydrogen) atoms. The van der Waals surface area contributed by atoms with Crippen molar-refractivity contribution in [3.63, 3.8) is 0 Å². The number of methoxy groups -OCH3 is 2. The van der Waals surface area contributed by atoms with Gasteiger partial charge in [0.2, 0.25) is 0 Å². The Morgan fingerprint density at radius 2 is 1.30 bits per heavy atom. The summed E-state index contributed by atoms with van der Waals surface area (Å²) < 4.78 is 24.7. The van der Waals surface area contributed by atoms with Gasteiger partial charge in [0.1, 0.15) is 17.2 Å². The number of aliphatic hydroxyl groups excluding tert-OH is 1. The highest BCUT2D eigenvalue weighted by atomic mass is 16.5. The van der Waals surface area contributed by atoms with E-state index in [0.717, 1.165) is 107 Å². The third-order valence-electron chi connectivity index (χ3n) is 13.7. The van der Waals surface area contributed by atoms with E-state index in [9.17, 15) is 5.11 Å². The summed E-state index contributed by atoms with van der Waals surface area (Å²) in [6, 6.07) is 39.0. The van der Waals surface area contributed by atoms with Crippen molar-refractivity contribution in [2.24, 2.45) is 10.8 Å². The fourth-order valence-corrected chi connectivity index (χ4v) is 12.0. The molecule has 6 nitrogen and oxygen atoms in total. The summed E-state index contributed by atoms with van der Waals surface area (Å²) in [5.74, 6) is 2.44. The van der Waals surface area contributed by atoms with Gasteiger partial charge in [-0.3, -0.25) is 0 Å². The largest absolute Gasteiger partial charge is 0.497 e. The predicted molar refractivity (Wildman–Crippen MR) is 242 cm³/mol. The number of benzene rings is 6. The van der Waals surface area contributed by atoms with Crippen LogP contribution < -0.4 is 19.1 Å². The van der Waals surface area contributed by atoms with Crippen LogP contribution in [0, 0.1) is 10.8 Å². The van der Waals surface area contributed by atoms with E-state index in [-0.39, 0.29) is 22.9 Å². The van der Waals surface area contributed by atoms with E-state index < -0.39 is 5.60 Å². The molecular weight excluding hydrogens is 743 g/mol. The molecule has 2 aliphatic heterocycles. The number of nitrogens with zero attached hydrogens (tertiary/aromatic N) is 1. The minimum Gasteiger partial charge on any atom is -0.497 e. The molecule has 306 valence electrons. The molecule has 2 aliphatic carbocycles. The molecule has 0 atom stereocenters. The highest BCUT2D eigenvalue weighted by Gasteiger charge is 2.55. The Bertz CT molecular complexity index is 2570. The summed E-state index contributed by atoms with van der Waals surface area (Å²) in [6.07, 6.45) is 7.85. The molecule has 0 aromatic heterocycles. The molecule has 1 N–H and O–H groups in total. The zero-order valence-electron chi connectivity index (χ0n) is 35.7. The second kappa shape index (κ2) is 14.3. The summed E-state index contributed by atoms with van der Waals surface area (Å²) in [5.41, 5.74) is 11.6. The Morgan fingerprint density at radius 3 is 1.90 bits per heavy atom. The number of rotatable bonds is 7. The maximum Gasteiger partial charge on any atom is 0.178 e. The Hall–Kier alpha value is -5.56. The van der Waals surface area contributed by atoms with Crippen molar-refractivity contribution in [1.82, 2.24) is 0 Å². The van der Waals surface area contributed by atoms with Gasteiger partial charge in [-0.05, 0) is 129 Å². The lowest BCUT2D eigenvalue weighted by atomic mass is 9.52. The van der Waals surface area contributed by atoms with Gasteiger partial charge in [0, 0.05) is 46.3 Å². The Kier molecular flexibility index (Phi) is 9.19.